The van der Waals surface area contributed by atoms with Crippen LogP contribution in [0.5, 0.6) is 0 Å². The van der Waals surface area contributed by atoms with Crippen LogP contribution >= 0.6 is 23.2 Å². The van der Waals surface area contributed by atoms with Crippen LogP contribution in [0.3, 0.4) is 0 Å². The number of nitrogens with zero attached hydrogens (tertiary/aromatic N) is 1. The molecule has 6 heteroatoms. The molecule has 2 aromatic rings. The number of benzene rings is 2. The van der Waals surface area contributed by atoms with E-state index in [0.29, 0.717) is 21.3 Å². The molecule has 2 aromatic carbocycles. The summed E-state index contributed by atoms with van der Waals surface area (Å²) in [6, 6.07) is 13.8. The van der Waals surface area contributed by atoms with Crippen molar-refractivity contribution in [1.82, 2.24) is 0 Å². The molecular formula is C15H11Cl2N3O. The van der Waals surface area contributed by atoms with Crippen LogP contribution in [0.25, 0.3) is 0 Å². The van der Waals surface area contributed by atoms with Gasteiger partial charge in [-0.15, -0.1) is 0 Å². The zero-order chi connectivity index (χ0) is 15.2. The minimum atomic E-state index is -0.269. The van der Waals surface area contributed by atoms with Crippen molar-refractivity contribution in [3.63, 3.8) is 0 Å². The predicted molar refractivity (Wildman–Crippen MR) is 84.7 cm³/mol. The summed E-state index contributed by atoms with van der Waals surface area (Å²) in [5.74, 6) is -0.269. The maximum Gasteiger partial charge on any atom is 0.243 e. The van der Waals surface area contributed by atoms with Crippen molar-refractivity contribution in [2.75, 3.05) is 17.2 Å². The van der Waals surface area contributed by atoms with Gasteiger partial charge in [-0.25, -0.2) is 0 Å². The third-order valence-electron chi connectivity index (χ3n) is 2.69. The van der Waals surface area contributed by atoms with Gasteiger partial charge in [-0.05, 0) is 36.4 Å². The van der Waals surface area contributed by atoms with Crippen molar-refractivity contribution >= 4 is 40.5 Å². The minimum Gasteiger partial charge on any atom is -0.376 e. The highest BCUT2D eigenvalue weighted by Crippen LogP contribution is 2.29. The van der Waals surface area contributed by atoms with E-state index < -0.39 is 0 Å². The van der Waals surface area contributed by atoms with Gasteiger partial charge in [0.25, 0.3) is 0 Å². The Balaban J connectivity index is 1.94. The average Bonchev–Trinajstić information content (AvgIpc) is 2.49. The van der Waals surface area contributed by atoms with Gasteiger partial charge in [0.2, 0.25) is 5.91 Å². The Kier molecular flexibility index (Phi) is 5.04. The molecule has 0 heterocycles. The smallest absolute Gasteiger partial charge is 0.243 e. The molecule has 0 bridgehead atoms. The highest BCUT2D eigenvalue weighted by atomic mass is 35.5. The van der Waals surface area contributed by atoms with Crippen molar-refractivity contribution in [2.45, 2.75) is 0 Å². The molecule has 0 fully saturated rings. The van der Waals surface area contributed by atoms with E-state index in [-0.39, 0.29) is 12.5 Å². The molecule has 0 spiro atoms. The summed E-state index contributed by atoms with van der Waals surface area (Å²) in [4.78, 5) is 11.9. The first-order valence-corrected chi connectivity index (χ1v) is 6.83. The first-order chi connectivity index (χ1) is 10.1. The van der Waals surface area contributed by atoms with Gasteiger partial charge in [0, 0.05) is 5.69 Å². The molecule has 0 aliphatic carbocycles. The molecule has 106 valence electrons. The molecule has 0 saturated carbocycles. The Morgan fingerprint density at radius 1 is 1.10 bits per heavy atom. The topological polar surface area (TPSA) is 64.9 Å². The highest BCUT2D eigenvalue weighted by molar-refractivity contribution is 6.39. The van der Waals surface area contributed by atoms with Gasteiger partial charge in [0.1, 0.15) is 0 Å². The fourth-order valence-electron chi connectivity index (χ4n) is 1.65. The number of carbonyl (C=O) groups excluding carboxylic acids is 1. The second-order valence-electron chi connectivity index (χ2n) is 4.19. The first-order valence-electron chi connectivity index (χ1n) is 6.08. The number of carbonyl (C=O) groups is 1. The molecule has 2 N–H and O–H groups in total. The second kappa shape index (κ2) is 6.98. The van der Waals surface area contributed by atoms with Crippen molar-refractivity contribution < 1.29 is 4.79 Å². The minimum absolute atomic E-state index is 0.0629. The molecule has 4 nitrogen and oxygen atoms in total. The van der Waals surface area contributed by atoms with Crippen molar-refractivity contribution in [2.24, 2.45) is 0 Å². The van der Waals surface area contributed by atoms with E-state index in [1.807, 2.05) is 6.07 Å². The molecule has 2 rings (SSSR count). The summed E-state index contributed by atoms with van der Waals surface area (Å²) < 4.78 is 0. The molecule has 0 aromatic heterocycles. The van der Waals surface area contributed by atoms with Crippen LogP contribution in [0.2, 0.25) is 10.0 Å². The Labute approximate surface area is 132 Å². The largest absolute Gasteiger partial charge is 0.376 e. The number of hydrogen-bond donors (Lipinski definition) is 2. The maximum atomic E-state index is 11.9. The van der Waals surface area contributed by atoms with Gasteiger partial charge in [-0.2, -0.15) is 5.26 Å². The maximum absolute atomic E-state index is 11.9. The Bertz CT molecular complexity index is 673. The zero-order valence-electron chi connectivity index (χ0n) is 10.9. The van der Waals surface area contributed by atoms with Crippen molar-refractivity contribution in [3.05, 3.63) is 58.1 Å². The number of hydrogen-bond acceptors (Lipinski definition) is 3. The summed E-state index contributed by atoms with van der Waals surface area (Å²) in [5.41, 5.74) is 1.70. The van der Waals surface area contributed by atoms with Gasteiger partial charge in [-0.1, -0.05) is 29.3 Å². The summed E-state index contributed by atoms with van der Waals surface area (Å²) >= 11 is 11.9. The van der Waals surface area contributed by atoms with Crippen LogP contribution in [0, 0.1) is 11.3 Å². The number of para-hydroxylation sites is 1. The molecule has 0 radical (unpaired) electrons. The van der Waals surface area contributed by atoms with Crippen molar-refractivity contribution in [1.29, 1.82) is 5.26 Å². The number of anilines is 2. The van der Waals surface area contributed by atoms with E-state index in [2.05, 4.69) is 10.6 Å². The van der Waals surface area contributed by atoms with E-state index in [1.54, 1.807) is 42.5 Å². The number of rotatable bonds is 4. The fourth-order valence-corrected chi connectivity index (χ4v) is 2.14. The summed E-state index contributed by atoms with van der Waals surface area (Å²) in [7, 11) is 0. The molecular weight excluding hydrogens is 309 g/mol. The van der Waals surface area contributed by atoms with Gasteiger partial charge in [0.15, 0.2) is 0 Å². The van der Waals surface area contributed by atoms with E-state index in [9.17, 15) is 4.79 Å². The SMILES string of the molecule is N#Cc1ccc(NCC(=O)Nc2c(Cl)cccc2Cl)cc1. The van der Waals surface area contributed by atoms with Crippen LogP contribution < -0.4 is 10.6 Å². The summed E-state index contributed by atoms with van der Waals surface area (Å²) in [5, 5.41) is 15.1. The first kappa shape index (κ1) is 15.2. The lowest BCUT2D eigenvalue weighted by molar-refractivity contribution is -0.114. The van der Waals surface area contributed by atoms with Gasteiger partial charge in [0.05, 0.1) is 33.9 Å². The number of nitriles is 1. The lowest BCUT2D eigenvalue weighted by Crippen LogP contribution is -2.22. The van der Waals surface area contributed by atoms with E-state index >= 15 is 0 Å². The van der Waals surface area contributed by atoms with Crippen LogP contribution in [-0.2, 0) is 4.79 Å². The monoisotopic (exact) mass is 319 g/mol. The van der Waals surface area contributed by atoms with E-state index in [4.69, 9.17) is 28.5 Å². The molecule has 0 atom stereocenters. The molecule has 21 heavy (non-hydrogen) atoms. The standard InChI is InChI=1S/C15H11Cl2N3O/c16-12-2-1-3-13(17)15(12)20-14(21)9-19-11-6-4-10(8-18)5-7-11/h1-7,19H,9H2,(H,20,21). The lowest BCUT2D eigenvalue weighted by Gasteiger charge is -2.10. The highest BCUT2D eigenvalue weighted by Gasteiger charge is 2.09. The van der Waals surface area contributed by atoms with E-state index in [0.717, 1.165) is 5.69 Å². The van der Waals surface area contributed by atoms with Crippen LogP contribution in [-0.4, -0.2) is 12.5 Å². The van der Waals surface area contributed by atoms with E-state index in [1.165, 1.54) is 0 Å². The number of amides is 1. The average molecular weight is 320 g/mol. The molecule has 0 aliphatic heterocycles. The Morgan fingerprint density at radius 2 is 1.71 bits per heavy atom. The van der Waals surface area contributed by atoms with Crippen LogP contribution in [0.15, 0.2) is 42.5 Å². The van der Waals surface area contributed by atoms with Crippen molar-refractivity contribution in [3.8, 4) is 6.07 Å². The predicted octanol–water partition coefficient (Wildman–Crippen LogP) is 3.92. The molecule has 0 saturated heterocycles. The third kappa shape index (κ3) is 4.12. The summed E-state index contributed by atoms with van der Waals surface area (Å²) in [6.07, 6.45) is 0. The quantitative estimate of drug-likeness (QED) is 0.897. The lowest BCUT2D eigenvalue weighted by atomic mass is 10.2. The van der Waals surface area contributed by atoms with Crippen LogP contribution in [0.1, 0.15) is 5.56 Å². The van der Waals surface area contributed by atoms with Crippen LogP contribution in [0.4, 0.5) is 11.4 Å². The molecule has 0 unspecified atom stereocenters. The molecule has 1 amide bonds. The normalized spacial score (nSPS) is 9.76. The number of halogens is 2. The van der Waals surface area contributed by atoms with Gasteiger partial charge < -0.3 is 10.6 Å². The number of nitrogens with one attached hydrogen (secondary N) is 2. The second-order valence-corrected chi connectivity index (χ2v) is 5.00. The zero-order valence-corrected chi connectivity index (χ0v) is 12.4. The Hall–Kier alpha value is -2.22. The van der Waals surface area contributed by atoms with Gasteiger partial charge in [-0.3, -0.25) is 4.79 Å². The molecule has 0 aliphatic rings. The third-order valence-corrected chi connectivity index (χ3v) is 3.32. The summed E-state index contributed by atoms with van der Waals surface area (Å²) in [6.45, 7) is 0.0629. The fraction of sp³-hybridized carbons (Fsp3) is 0.0667. The van der Waals surface area contributed by atoms with Gasteiger partial charge >= 0.3 is 0 Å². The Morgan fingerprint density at radius 3 is 2.29 bits per heavy atom.